The van der Waals surface area contributed by atoms with Gasteiger partial charge in [-0.1, -0.05) is 30.3 Å². The van der Waals surface area contributed by atoms with Gasteiger partial charge < -0.3 is 0 Å². The van der Waals surface area contributed by atoms with Crippen molar-refractivity contribution < 1.29 is 0 Å². The zero-order valence-electron chi connectivity index (χ0n) is 14.1. The van der Waals surface area contributed by atoms with E-state index in [4.69, 9.17) is 0 Å². The van der Waals surface area contributed by atoms with Crippen molar-refractivity contribution in [3.8, 4) is 28.3 Å². The molecule has 128 valence electrons. The number of nitrogens with zero attached hydrogens (tertiary/aromatic N) is 7. The summed E-state index contributed by atoms with van der Waals surface area (Å²) in [5, 5.41) is 13.7. The van der Waals surface area contributed by atoms with Crippen molar-refractivity contribution in [3.63, 3.8) is 0 Å². The summed E-state index contributed by atoms with van der Waals surface area (Å²) >= 11 is 0. The lowest BCUT2D eigenvalue weighted by Gasteiger charge is -2.07. The van der Waals surface area contributed by atoms with E-state index in [1.165, 1.54) is 4.80 Å². The molecule has 0 aliphatic rings. The van der Waals surface area contributed by atoms with Gasteiger partial charge in [0, 0.05) is 35.1 Å². The molecular formula is C20H13N7. The zero-order valence-corrected chi connectivity index (χ0v) is 14.1. The minimum absolute atomic E-state index is 0.466. The Balaban J connectivity index is 1.58. The fourth-order valence-corrected chi connectivity index (χ4v) is 2.94. The lowest BCUT2D eigenvalue weighted by atomic mass is 10.0. The molecule has 0 atom stereocenters. The van der Waals surface area contributed by atoms with Gasteiger partial charge >= 0.3 is 0 Å². The molecule has 7 nitrogen and oxygen atoms in total. The number of fused-ring (bicyclic) bond motifs is 1. The van der Waals surface area contributed by atoms with E-state index in [1.807, 2.05) is 60.8 Å². The number of rotatable bonds is 3. The fraction of sp³-hybridized carbons (Fsp3) is 0. The number of hydrogen-bond donors (Lipinski definition) is 0. The van der Waals surface area contributed by atoms with E-state index in [9.17, 15) is 0 Å². The highest BCUT2D eigenvalue weighted by molar-refractivity contribution is 5.93. The molecule has 4 aromatic heterocycles. The predicted octanol–water partition coefficient (Wildman–Crippen LogP) is 3.33. The highest BCUT2D eigenvalue weighted by Crippen LogP contribution is 2.27. The van der Waals surface area contributed by atoms with Crippen LogP contribution in [0.5, 0.6) is 0 Å². The van der Waals surface area contributed by atoms with E-state index in [0.29, 0.717) is 11.5 Å². The molecule has 0 aliphatic carbocycles. The minimum atomic E-state index is 0.466. The quantitative estimate of drug-likeness (QED) is 0.496. The van der Waals surface area contributed by atoms with Gasteiger partial charge in [-0.15, -0.1) is 15.0 Å². The molecule has 0 N–H and O–H groups in total. The summed E-state index contributed by atoms with van der Waals surface area (Å²) < 4.78 is 0. The first-order valence-electron chi connectivity index (χ1n) is 8.39. The molecule has 7 heteroatoms. The number of aromatic nitrogens is 7. The Morgan fingerprint density at radius 2 is 1.74 bits per heavy atom. The fourth-order valence-electron chi connectivity index (χ4n) is 2.94. The second kappa shape index (κ2) is 6.38. The summed E-state index contributed by atoms with van der Waals surface area (Å²) in [5.74, 6) is 0.466. The van der Waals surface area contributed by atoms with E-state index >= 15 is 0 Å². The van der Waals surface area contributed by atoms with Crippen molar-refractivity contribution in [2.75, 3.05) is 0 Å². The van der Waals surface area contributed by atoms with Crippen LogP contribution in [0.2, 0.25) is 0 Å². The third-order valence-electron chi connectivity index (χ3n) is 4.21. The predicted molar refractivity (Wildman–Crippen MR) is 101 cm³/mol. The summed E-state index contributed by atoms with van der Waals surface area (Å²) in [5.41, 5.74) is 4.27. The van der Waals surface area contributed by atoms with E-state index in [1.54, 1.807) is 18.6 Å². The van der Waals surface area contributed by atoms with E-state index in [-0.39, 0.29) is 0 Å². The highest BCUT2D eigenvalue weighted by atomic mass is 15.6. The lowest BCUT2D eigenvalue weighted by molar-refractivity contribution is 0.717. The van der Waals surface area contributed by atoms with Gasteiger partial charge in [-0.2, -0.15) is 0 Å². The first-order chi connectivity index (χ1) is 13.4. The maximum Gasteiger partial charge on any atom is 0.223 e. The smallest absolute Gasteiger partial charge is 0.223 e. The summed E-state index contributed by atoms with van der Waals surface area (Å²) in [6.07, 6.45) is 7.00. The second-order valence-corrected chi connectivity index (χ2v) is 5.93. The third-order valence-corrected chi connectivity index (χ3v) is 4.21. The Bertz CT molecular complexity index is 1230. The Morgan fingerprint density at radius 3 is 2.67 bits per heavy atom. The minimum Gasteiger partial charge on any atom is -0.262 e. The van der Waals surface area contributed by atoms with Crippen LogP contribution in [0.4, 0.5) is 0 Å². The molecule has 0 bridgehead atoms. The van der Waals surface area contributed by atoms with Gasteiger partial charge in [0.05, 0.1) is 11.7 Å². The number of hydrogen-bond acceptors (Lipinski definition) is 6. The lowest BCUT2D eigenvalue weighted by Crippen LogP contribution is -2.00. The van der Waals surface area contributed by atoms with Crippen LogP contribution in [0.1, 0.15) is 0 Å². The topological polar surface area (TPSA) is 82.3 Å². The molecule has 27 heavy (non-hydrogen) atoms. The van der Waals surface area contributed by atoms with Gasteiger partial charge in [-0.3, -0.25) is 15.0 Å². The number of benzene rings is 1. The second-order valence-electron chi connectivity index (χ2n) is 5.93. The first-order valence-corrected chi connectivity index (χ1v) is 8.39. The standard InChI is InChI=1S/C20H13N7/c1-2-9-22-18(8-1)20-24-26-27(25-20)16-11-15(12-21-13-16)17-7-3-5-14-6-4-10-23-19(14)17/h1-13H. The van der Waals surface area contributed by atoms with Crippen LogP contribution in [-0.2, 0) is 0 Å². The zero-order chi connectivity index (χ0) is 18.1. The molecule has 5 aromatic rings. The molecule has 0 radical (unpaired) electrons. The third kappa shape index (κ3) is 2.81. The normalized spacial score (nSPS) is 11.0. The van der Waals surface area contributed by atoms with Crippen molar-refractivity contribution in [1.82, 2.24) is 35.2 Å². The maximum absolute atomic E-state index is 4.52. The molecule has 1 aromatic carbocycles. The van der Waals surface area contributed by atoms with E-state index < -0.39 is 0 Å². The molecule has 0 saturated carbocycles. The average molecular weight is 351 g/mol. The van der Waals surface area contributed by atoms with Gasteiger partial charge in [-0.25, -0.2) is 0 Å². The highest BCUT2D eigenvalue weighted by Gasteiger charge is 2.11. The van der Waals surface area contributed by atoms with Crippen LogP contribution in [0.25, 0.3) is 39.2 Å². The van der Waals surface area contributed by atoms with E-state index in [0.717, 1.165) is 27.7 Å². The maximum atomic E-state index is 4.52. The number of pyridine rings is 3. The van der Waals surface area contributed by atoms with Crippen molar-refractivity contribution >= 4 is 10.9 Å². The summed E-state index contributed by atoms with van der Waals surface area (Å²) in [6, 6.07) is 17.6. The van der Waals surface area contributed by atoms with Gasteiger partial charge in [-0.05, 0) is 29.5 Å². The molecule has 0 fully saturated rings. The molecule has 0 spiro atoms. The summed E-state index contributed by atoms with van der Waals surface area (Å²) in [6.45, 7) is 0. The van der Waals surface area contributed by atoms with Crippen molar-refractivity contribution in [1.29, 1.82) is 0 Å². The molecule has 0 aliphatic heterocycles. The van der Waals surface area contributed by atoms with Gasteiger partial charge in [0.1, 0.15) is 11.4 Å². The van der Waals surface area contributed by atoms with Crippen LogP contribution >= 0.6 is 0 Å². The average Bonchev–Trinajstić information content (AvgIpc) is 3.24. The molecule has 5 rings (SSSR count). The molecule has 0 saturated heterocycles. The van der Waals surface area contributed by atoms with Gasteiger partial charge in [0.2, 0.25) is 5.82 Å². The number of tetrazole rings is 1. The molecular weight excluding hydrogens is 338 g/mol. The van der Waals surface area contributed by atoms with Gasteiger partial charge in [0.25, 0.3) is 0 Å². The van der Waals surface area contributed by atoms with Crippen LogP contribution < -0.4 is 0 Å². The molecule has 0 amide bonds. The Labute approximate surface area is 154 Å². The Hall–Kier alpha value is -4.00. The SMILES string of the molecule is c1ccc(-c2nnn(-c3cncc(-c4cccc5cccnc45)c3)n2)nc1. The summed E-state index contributed by atoms with van der Waals surface area (Å²) in [4.78, 5) is 14.6. The van der Waals surface area contributed by atoms with Crippen molar-refractivity contribution in [2.45, 2.75) is 0 Å². The summed E-state index contributed by atoms with van der Waals surface area (Å²) in [7, 11) is 0. The first kappa shape index (κ1) is 15.3. The Morgan fingerprint density at radius 1 is 0.815 bits per heavy atom. The van der Waals surface area contributed by atoms with Crippen molar-refractivity contribution in [2.24, 2.45) is 0 Å². The molecule has 0 unspecified atom stereocenters. The van der Waals surface area contributed by atoms with Crippen LogP contribution in [0.3, 0.4) is 0 Å². The van der Waals surface area contributed by atoms with Gasteiger partial charge in [0.15, 0.2) is 0 Å². The van der Waals surface area contributed by atoms with Crippen LogP contribution in [-0.4, -0.2) is 35.2 Å². The molecule has 4 heterocycles. The Kier molecular flexibility index (Phi) is 3.61. The monoisotopic (exact) mass is 351 g/mol. The van der Waals surface area contributed by atoms with Crippen molar-refractivity contribution in [3.05, 3.63) is 79.4 Å². The van der Waals surface area contributed by atoms with E-state index in [2.05, 4.69) is 30.4 Å². The van der Waals surface area contributed by atoms with Crippen LogP contribution in [0.15, 0.2) is 79.4 Å². The number of para-hydroxylation sites is 1. The van der Waals surface area contributed by atoms with Crippen LogP contribution in [0, 0.1) is 0 Å². The largest absolute Gasteiger partial charge is 0.262 e.